The molecule has 0 atom stereocenters. The third kappa shape index (κ3) is 2.85. The van der Waals surface area contributed by atoms with Crippen molar-refractivity contribution in [2.45, 2.75) is 13.3 Å². The van der Waals surface area contributed by atoms with E-state index in [1.54, 1.807) is 12.1 Å². The first kappa shape index (κ1) is 10.7. The molecule has 14 heavy (non-hydrogen) atoms. The second-order valence-electron chi connectivity index (χ2n) is 2.87. The molecule has 1 amide bonds. The lowest BCUT2D eigenvalue weighted by Gasteiger charge is -2.04. The standard InChI is InChI=1S/C10H11ClN2O/c1-3-4-9(14)13-8-5-7(2)10(11)12-6-8/h3,5-6H,1,4H2,2H3,(H,13,14). The summed E-state index contributed by atoms with van der Waals surface area (Å²) in [7, 11) is 0. The Morgan fingerprint density at radius 1 is 1.79 bits per heavy atom. The highest BCUT2D eigenvalue weighted by Crippen LogP contribution is 2.15. The lowest BCUT2D eigenvalue weighted by molar-refractivity contribution is -0.115. The van der Waals surface area contributed by atoms with E-state index < -0.39 is 0 Å². The molecular weight excluding hydrogens is 200 g/mol. The Balaban J connectivity index is 2.72. The van der Waals surface area contributed by atoms with Gasteiger partial charge < -0.3 is 5.32 Å². The van der Waals surface area contributed by atoms with Crippen LogP contribution in [0.5, 0.6) is 0 Å². The van der Waals surface area contributed by atoms with E-state index in [1.165, 1.54) is 6.20 Å². The molecule has 0 fully saturated rings. The zero-order chi connectivity index (χ0) is 10.6. The monoisotopic (exact) mass is 210 g/mol. The van der Waals surface area contributed by atoms with Gasteiger partial charge in [-0.15, -0.1) is 6.58 Å². The van der Waals surface area contributed by atoms with Crippen LogP contribution in [0.4, 0.5) is 5.69 Å². The Labute approximate surface area is 87.8 Å². The van der Waals surface area contributed by atoms with Gasteiger partial charge in [0.15, 0.2) is 0 Å². The van der Waals surface area contributed by atoms with Crippen LogP contribution in [0.3, 0.4) is 0 Å². The number of amides is 1. The summed E-state index contributed by atoms with van der Waals surface area (Å²) in [5.41, 5.74) is 1.49. The lowest BCUT2D eigenvalue weighted by atomic mass is 10.3. The molecule has 1 aromatic rings. The van der Waals surface area contributed by atoms with Crippen LogP contribution in [0.25, 0.3) is 0 Å². The molecule has 74 valence electrons. The largest absolute Gasteiger partial charge is 0.324 e. The molecule has 0 spiro atoms. The Kier molecular flexibility index (Phi) is 3.65. The normalized spacial score (nSPS) is 9.57. The number of pyridine rings is 1. The highest BCUT2D eigenvalue weighted by atomic mass is 35.5. The van der Waals surface area contributed by atoms with Gasteiger partial charge in [-0.25, -0.2) is 4.98 Å². The van der Waals surface area contributed by atoms with E-state index in [4.69, 9.17) is 11.6 Å². The van der Waals surface area contributed by atoms with Crippen molar-refractivity contribution in [1.82, 2.24) is 4.98 Å². The average Bonchev–Trinajstić information content (AvgIpc) is 2.12. The summed E-state index contributed by atoms with van der Waals surface area (Å²) in [5.74, 6) is -0.108. The second-order valence-corrected chi connectivity index (χ2v) is 3.23. The lowest BCUT2D eigenvalue weighted by Crippen LogP contribution is -2.10. The highest BCUT2D eigenvalue weighted by Gasteiger charge is 2.02. The van der Waals surface area contributed by atoms with Gasteiger partial charge in [0.2, 0.25) is 5.91 Å². The van der Waals surface area contributed by atoms with E-state index in [9.17, 15) is 4.79 Å². The minimum absolute atomic E-state index is 0.108. The van der Waals surface area contributed by atoms with Gasteiger partial charge in [-0.05, 0) is 18.6 Å². The van der Waals surface area contributed by atoms with Crippen LogP contribution in [0, 0.1) is 6.92 Å². The molecule has 0 unspecified atom stereocenters. The molecule has 1 heterocycles. The molecule has 0 radical (unpaired) electrons. The summed E-state index contributed by atoms with van der Waals surface area (Å²) in [4.78, 5) is 15.1. The van der Waals surface area contributed by atoms with Gasteiger partial charge in [0.25, 0.3) is 0 Å². The van der Waals surface area contributed by atoms with Crippen molar-refractivity contribution < 1.29 is 4.79 Å². The summed E-state index contributed by atoms with van der Waals surface area (Å²) in [6, 6.07) is 1.77. The maximum absolute atomic E-state index is 11.2. The number of nitrogens with one attached hydrogen (secondary N) is 1. The third-order valence-electron chi connectivity index (χ3n) is 1.63. The first-order valence-corrected chi connectivity index (χ1v) is 4.54. The van der Waals surface area contributed by atoms with Crippen molar-refractivity contribution in [3.05, 3.63) is 35.6 Å². The number of aryl methyl sites for hydroxylation is 1. The van der Waals surface area contributed by atoms with Crippen molar-refractivity contribution >= 4 is 23.2 Å². The smallest absolute Gasteiger partial charge is 0.228 e. The molecular formula is C10H11ClN2O. The fourth-order valence-corrected chi connectivity index (χ4v) is 1.07. The van der Waals surface area contributed by atoms with E-state index in [0.29, 0.717) is 17.3 Å². The van der Waals surface area contributed by atoms with Crippen LogP contribution in [-0.4, -0.2) is 10.9 Å². The van der Waals surface area contributed by atoms with Crippen molar-refractivity contribution in [2.24, 2.45) is 0 Å². The van der Waals surface area contributed by atoms with Crippen molar-refractivity contribution in [1.29, 1.82) is 0 Å². The zero-order valence-corrected chi connectivity index (χ0v) is 8.64. The third-order valence-corrected chi connectivity index (χ3v) is 2.02. The molecule has 0 aliphatic rings. The first-order chi connectivity index (χ1) is 6.63. The van der Waals surface area contributed by atoms with Crippen LogP contribution in [0.1, 0.15) is 12.0 Å². The van der Waals surface area contributed by atoms with Gasteiger partial charge in [-0.2, -0.15) is 0 Å². The minimum Gasteiger partial charge on any atom is -0.324 e. The number of halogens is 1. The molecule has 0 aliphatic carbocycles. The maximum Gasteiger partial charge on any atom is 0.228 e. The van der Waals surface area contributed by atoms with E-state index in [1.807, 2.05) is 6.92 Å². The SMILES string of the molecule is C=CCC(=O)Nc1cnc(Cl)c(C)c1. The predicted molar refractivity (Wildman–Crippen MR) is 57.4 cm³/mol. The maximum atomic E-state index is 11.2. The summed E-state index contributed by atoms with van der Waals surface area (Å²) < 4.78 is 0. The summed E-state index contributed by atoms with van der Waals surface area (Å²) in [6.45, 7) is 5.31. The number of hydrogen-bond acceptors (Lipinski definition) is 2. The Hall–Kier alpha value is -1.35. The molecule has 1 N–H and O–H groups in total. The van der Waals surface area contributed by atoms with Gasteiger partial charge >= 0.3 is 0 Å². The zero-order valence-electron chi connectivity index (χ0n) is 7.88. The number of carbonyl (C=O) groups excluding carboxylic acids is 1. The van der Waals surface area contributed by atoms with Crippen LogP contribution < -0.4 is 5.32 Å². The average molecular weight is 211 g/mol. The van der Waals surface area contributed by atoms with Crippen LogP contribution in [0.15, 0.2) is 24.9 Å². The molecule has 0 bridgehead atoms. The first-order valence-electron chi connectivity index (χ1n) is 4.16. The summed E-state index contributed by atoms with van der Waals surface area (Å²) >= 11 is 5.74. The quantitative estimate of drug-likeness (QED) is 0.616. The van der Waals surface area contributed by atoms with Gasteiger partial charge in [0, 0.05) is 6.42 Å². The van der Waals surface area contributed by atoms with Crippen molar-refractivity contribution in [3.8, 4) is 0 Å². The Morgan fingerprint density at radius 3 is 3.07 bits per heavy atom. The second kappa shape index (κ2) is 4.77. The topological polar surface area (TPSA) is 42.0 Å². The fraction of sp³-hybridized carbons (Fsp3) is 0.200. The molecule has 4 heteroatoms. The molecule has 0 saturated carbocycles. The Morgan fingerprint density at radius 2 is 2.50 bits per heavy atom. The predicted octanol–water partition coefficient (Wildman–Crippen LogP) is 2.56. The summed E-state index contributed by atoms with van der Waals surface area (Å²) in [6.07, 6.45) is 3.36. The summed E-state index contributed by atoms with van der Waals surface area (Å²) in [5, 5.41) is 3.13. The van der Waals surface area contributed by atoms with Crippen LogP contribution in [0.2, 0.25) is 5.15 Å². The van der Waals surface area contributed by atoms with E-state index >= 15 is 0 Å². The molecule has 0 aliphatic heterocycles. The van der Waals surface area contributed by atoms with E-state index in [0.717, 1.165) is 5.56 Å². The Bertz CT molecular complexity index is 363. The van der Waals surface area contributed by atoms with Gasteiger partial charge in [0.1, 0.15) is 5.15 Å². The van der Waals surface area contributed by atoms with Crippen LogP contribution >= 0.6 is 11.6 Å². The highest BCUT2D eigenvalue weighted by molar-refractivity contribution is 6.30. The minimum atomic E-state index is -0.108. The molecule has 3 nitrogen and oxygen atoms in total. The van der Waals surface area contributed by atoms with Gasteiger partial charge in [0.05, 0.1) is 11.9 Å². The van der Waals surface area contributed by atoms with E-state index in [-0.39, 0.29) is 5.91 Å². The number of rotatable bonds is 3. The molecule has 0 saturated heterocycles. The number of anilines is 1. The molecule has 0 aromatic carbocycles. The number of nitrogens with zero attached hydrogens (tertiary/aromatic N) is 1. The number of aromatic nitrogens is 1. The van der Waals surface area contributed by atoms with Gasteiger partial charge in [-0.1, -0.05) is 17.7 Å². The fourth-order valence-electron chi connectivity index (χ4n) is 0.970. The molecule has 1 aromatic heterocycles. The number of hydrogen-bond donors (Lipinski definition) is 1. The van der Waals surface area contributed by atoms with Crippen molar-refractivity contribution in [3.63, 3.8) is 0 Å². The molecule has 1 rings (SSSR count). The van der Waals surface area contributed by atoms with Crippen molar-refractivity contribution in [2.75, 3.05) is 5.32 Å². The number of carbonyl (C=O) groups is 1. The van der Waals surface area contributed by atoms with E-state index in [2.05, 4.69) is 16.9 Å². The van der Waals surface area contributed by atoms with Gasteiger partial charge in [-0.3, -0.25) is 4.79 Å². The van der Waals surface area contributed by atoms with Crippen LogP contribution in [-0.2, 0) is 4.79 Å².